The highest BCUT2D eigenvalue weighted by atomic mass is 16.5. The summed E-state index contributed by atoms with van der Waals surface area (Å²) in [6.45, 7) is 7.66. The highest BCUT2D eigenvalue weighted by Crippen LogP contribution is 2.14. The molecule has 1 N–H and O–H groups in total. The summed E-state index contributed by atoms with van der Waals surface area (Å²) in [6.07, 6.45) is 0. The second-order valence-corrected chi connectivity index (χ2v) is 5.82. The molecule has 2 saturated heterocycles. The zero-order valence-corrected chi connectivity index (χ0v) is 12.5. The Bertz CT molecular complexity index is 494. The van der Waals surface area contributed by atoms with Crippen LogP contribution in [-0.2, 0) is 11.3 Å². The third-order valence-electron chi connectivity index (χ3n) is 4.44. The number of carbonyl (C=O) groups excluding carboxylic acids is 1. The molecule has 0 radical (unpaired) electrons. The zero-order chi connectivity index (χ0) is 14.7. The van der Waals surface area contributed by atoms with Crippen molar-refractivity contribution in [2.24, 2.45) is 0 Å². The number of nitrogens with one attached hydrogen (secondary N) is 1. The lowest BCUT2D eigenvalue weighted by molar-refractivity contribution is 0.0599. The van der Waals surface area contributed by atoms with E-state index in [-0.39, 0.29) is 5.97 Å². The maximum Gasteiger partial charge on any atom is 0.337 e. The van der Waals surface area contributed by atoms with Crippen LogP contribution in [0.5, 0.6) is 0 Å². The van der Waals surface area contributed by atoms with Gasteiger partial charge in [-0.1, -0.05) is 12.1 Å². The lowest BCUT2D eigenvalue weighted by atomic mass is 10.1. The number of hydrogen-bond donors (Lipinski definition) is 1. The number of benzene rings is 1. The Kier molecular flexibility index (Phi) is 4.53. The molecule has 1 aromatic carbocycles. The van der Waals surface area contributed by atoms with Crippen molar-refractivity contribution in [1.82, 2.24) is 15.1 Å². The van der Waals surface area contributed by atoms with Gasteiger partial charge in [0.05, 0.1) is 12.7 Å². The normalized spacial score (nSPS) is 21.0. The summed E-state index contributed by atoms with van der Waals surface area (Å²) in [5, 5.41) is 3.33. The van der Waals surface area contributed by atoms with Gasteiger partial charge in [0.2, 0.25) is 0 Å². The summed E-state index contributed by atoms with van der Waals surface area (Å²) >= 11 is 0. The van der Waals surface area contributed by atoms with E-state index >= 15 is 0 Å². The van der Waals surface area contributed by atoms with E-state index in [1.165, 1.54) is 12.7 Å². The number of carbonyl (C=O) groups is 1. The fourth-order valence-corrected chi connectivity index (χ4v) is 2.99. The monoisotopic (exact) mass is 289 g/mol. The molecule has 5 heteroatoms. The van der Waals surface area contributed by atoms with Crippen molar-refractivity contribution in [3.8, 4) is 0 Å². The zero-order valence-electron chi connectivity index (χ0n) is 12.5. The number of esters is 1. The molecule has 0 saturated carbocycles. The van der Waals surface area contributed by atoms with Crippen LogP contribution in [-0.4, -0.2) is 68.2 Å². The molecule has 0 aromatic heterocycles. The van der Waals surface area contributed by atoms with Crippen molar-refractivity contribution in [2.75, 3.05) is 46.4 Å². The van der Waals surface area contributed by atoms with Gasteiger partial charge in [-0.2, -0.15) is 0 Å². The molecular formula is C16H23N3O2. The highest BCUT2D eigenvalue weighted by Gasteiger charge is 2.27. The molecule has 5 nitrogen and oxygen atoms in total. The number of rotatable bonds is 4. The summed E-state index contributed by atoms with van der Waals surface area (Å²) < 4.78 is 4.78. The molecule has 0 spiro atoms. The van der Waals surface area contributed by atoms with Crippen molar-refractivity contribution in [3.63, 3.8) is 0 Å². The topological polar surface area (TPSA) is 44.8 Å². The third kappa shape index (κ3) is 3.43. The van der Waals surface area contributed by atoms with Gasteiger partial charge >= 0.3 is 5.97 Å². The maximum atomic E-state index is 11.6. The van der Waals surface area contributed by atoms with Gasteiger partial charge < -0.3 is 10.1 Å². The first-order chi connectivity index (χ1) is 10.3. The first-order valence-corrected chi connectivity index (χ1v) is 7.60. The van der Waals surface area contributed by atoms with Crippen LogP contribution < -0.4 is 5.32 Å². The van der Waals surface area contributed by atoms with Crippen LogP contribution in [0.2, 0.25) is 0 Å². The van der Waals surface area contributed by atoms with Gasteiger partial charge in [0, 0.05) is 51.9 Å². The minimum absolute atomic E-state index is 0.265. The van der Waals surface area contributed by atoms with E-state index in [9.17, 15) is 4.79 Å². The highest BCUT2D eigenvalue weighted by molar-refractivity contribution is 5.89. The number of piperazine rings is 1. The van der Waals surface area contributed by atoms with E-state index in [1.807, 2.05) is 12.1 Å². The van der Waals surface area contributed by atoms with Crippen LogP contribution in [0.3, 0.4) is 0 Å². The molecule has 0 unspecified atom stereocenters. The van der Waals surface area contributed by atoms with E-state index in [0.717, 1.165) is 51.9 Å². The molecule has 2 fully saturated rings. The van der Waals surface area contributed by atoms with Gasteiger partial charge in [-0.05, 0) is 17.7 Å². The van der Waals surface area contributed by atoms with Crippen LogP contribution in [0, 0.1) is 0 Å². The van der Waals surface area contributed by atoms with E-state index in [4.69, 9.17) is 4.74 Å². The number of ether oxygens (including phenoxy) is 1. The standard InChI is InChI=1S/C16H23N3O2/c1-21-16(20)14-4-2-3-13(9-14)12-18-5-7-19(8-6-18)15-10-17-11-15/h2-4,9,15,17H,5-8,10-12H2,1H3. The molecule has 21 heavy (non-hydrogen) atoms. The van der Waals surface area contributed by atoms with Crippen LogP contribution in [0.1, 0.15) is 15.9 Å². The fraction of sp³-hybridized carbons (Fsp3) is 0.562. The second kappa shape index (κ2) is 6.56. The first kappa shape index (κ1) is 14.5. The van der Waals surface area contributed by atoms with Gasteiger partial charge in [-0.3, -0.25) is 9.80 Å². The van der Waals surface area contributed by atoms with Crippen molar-refractivity contribution >= 4 is 5.97 Å². The van der Waals surface area contributed by atoms with Crippen molar-refractivity contribution in [1.29, 1.82) is 0 Å². The van der Waals surface area contributed by atoms with Crippen LogP contribution >= 0.6 is 0 Å². The van der Waals surface area contributed by atoms with Gasteiger partial charge in [-0.15, -0.1) is 0 Å². The quantitative estimate of drug-likeness (QED) is 0.821. The van der Waals surface area contributed by atoms with Crippen molar-refractivity contribution < 1.29 is 9.53 Å². The summed E-state index contributed by atoms with van der Waals surface area (Å²) in [4.78, 5) is 16.6. The van der Waals surface area contributed by atoms with E-state index < -0.39 is 0 Å². The average Bonchev–Trinajstić information content (AvgIpc) is 2.47. The molecule has 3 rings (SSSR count). The van der Waals surface area contributed by atoms with E-state index in [2.05, 4.69) is 21.2 Å². The SMILES string of the molecule is COC(=O)c1cccc(CN2CCN(C3CNC3)CC2)c1. The summed E-state index contributed by atoms with van der Waals surface area (Å²) in [7, 11) is 1.42. The second-order valence-electron chi connectivity index (χ2n) is 5.82. The van der Waals surface area contributed by atoms with Crippen LogP contribution in [0.15, 0.2) is 24.3 Å². The number of nitrogens with zero attached hydrogens (tertiary/aromatic N) is 2. The Balaban J connectivity index is 1.54. The maximum absolute atomic E-state index is 11.6. The van der Waals surface area contributed by atoms with Gasteiger partial charge in [0.1, 0.15) is 0 Å². The van der Waals surface area contributed by atoms with Crippen molar-refractivity contribution in [3.05, 3.63) is 35.4 Å². The molecule has 0 atom stereocenters. The molecule has 2 heterocycles. The minimum Gasteiger partial charge on any atom is -0.465 e. The largest absolute Gasteiger partial charge is 0.465 e. The molecule has 114 valence electrons. The molecular weight excluding hydrogens is 266 g/mol. The fourth-order valence-electron chi connectivity index (χ4n) is 2.99. The molecule has 0 bridgehead atoms. The van der Waals surface area contributed by atoms with Crippen molar-refractivity contribution in [2.45, 2.75) is 12.6 Å². The van der Waals surface area contributed by atoms with E-state index in [0.29, 0.717) is 5.56 Å². The summed E-state index contributed by atoms with van der Waals surface area (Å²) in [5.41, 5.74) is 1.81. The van der Waals surface area contributed by atoms with Crippen LogP contribution in [0.25, 0.3) is 0 Å². The summed E-state index contributed by atoms with van der Waals surface area (Å²) in [5.74, 6) is -0.265. The lowest BCUT2D eigenvalue weighted by Crippen LogP contribution is -2.61. The molecule has 1 aromatic rings. The average molecular weight is 289 g/mol. The predicted octanol–water partition coefficient (Wildman–Crippen LogP) is 0.563. The smallest absolute Gasteiger partial charge is 0.337 e. The molecule has 0 amide bonds. The lowest BCUT2D eigenvalue weighted by Gasteiger charge is -2.43. The Morgan fingerprint density at radius 3 is 2.67 bits per heavy atom. The van der Waals surface area contributed by atoms with E-state index in [1.54, 1.807) is 6.07 Å². The van der Waals surface area contributed by atoms with Gasteiger partial charge in [-0.25, -0.2) is 4.79 Å². The minimum atomic E-state index is -0.265. The Morgan fingerprint density at radius 2 is 2.05 bits per heavy atom. The van der Waals surface area contributed by atoms with Gasteiger partial charge in [0.25, 0.3) is 0 Å². The first-order valence-electron chi connectivity index (χ1n) is 7.60. The predicted molar refractivity (Wildman–Crippen MR) is 81.3 cm³/mol. The summed E-state index contributed by atoms with van der Waals surface area (Å²) in [6, 6.07) is 8.49. The van der Waals surface area contributed by atoms with Gasteiger partial charge in [0.15, 0.2) is 0 Å². The molecule has 2 aliphatic rings. The van der Waals surface area contributed by atoms with Crippen LogP contribution in [0.4, 0.5) is 0 Å². The number of methoxy groups -OCH3 is 1. The Labute approximate surface area is 125 Å². The number of hydrogen-bond acceptors (Lipinski definition) is 5. The molecule has 0 aliphatic carbocycles. The molecule has 2 aliphatic heterocycles. The Hall–Kier alpha value is -1.43. The Morgan fingerprint density at radius 1 is 1.29 bits per heavy atom. The third-order valence-corrected chi connectivity index (χ3v) is 4.44.